The number of aromatic nitrogens is 2. The van der Waals surface area contributed by atoms with Gasteiger partial charge in [0, 0.05) is 26.6 Å². The van der Waals surface area contributed by atoms with Crippen molar-refractivity contribution in [2.24, 2.45) is 5.73 Å². The van der Waals surface area contributed by atoms with E-state index in [1.807, 2.05) is 0 Å². The maximum absolute atomic E-state index is 11.3. The number of carbonyl (C=O) groups is 2. The summed E-state index contributed by atoms with van der Waals surface area (Å²) in [5.74, 6) is -0.142. The highest BCUT2D eigenvalue weighted by Crippen LogP contribution is 2.07. The first-order valence-corrected chi connectivity index (χ1v) is 6.29. The summed E-state index contributed by atoms with van der Waals surface area (Å²) in [5.41, 5.74) is 5.24. The molecule has 1 fully saturated rings. The van der Waals surface area contributed by atoms with Gasteiger partial charge in [-0.25, -0.2) is 4.98 Å². The minimum atomic E-state index is -0.627. The molecular weight excluding hydrogens is 262 g/mol. The summed E-state index contributed by atoms with van der Waals surface area (Å²) >= 11 is 0. The first kappa shape index (κ1) is 14.2. The first-order valence-electron chi connectivity index (χ1n) is 6.29. The zero-order valence-corrected chi connectivity index (χ0v) is 11.2. The number of amides is 2. The van der Waals surface area contributed by atoms with Crippen LogP contribution in [0.4, 0.5) is 5.82 Å². The normalized spacial score (nSPS) is 18.6. The molecule has 1 saturated heterocycles. The Bertz CT molecular complexity index is 508. The molecule has 1 unspecified atom stereocenters. The highest BCUT2D eigenvalue weighted by atomic mass is 16.5. The number of hydrogen-bond donors (Lipinski definition) is 2. The van der Waals surface area contributed by atoms with Crippen LogP contribution in [0.5, 0.6) is 0 Å². The smallest absolute Gasteiger partial charge is 0.268 e. The summed E-state index contributed by atoms with van der Waals surface area (Å²) in [6, 6.07) is 0. The minimum Gasteiger partial charge on any atom is -0.373 e. The molecule has 0 saturated carbocycles. The van der Waals surface area contributed by atoms with E-state index in [9.17, 15) is 9.59 Å². The molecule has 8 nitrogen and oxygen atoms in total. The first-order chi connectivity index (χ1) is 9.56. The predicted octanol–water partition coefficient (Wildman–Crippen LogP) is -0.765. The van der Waals surface area contributed by atoms with Crippen LogP contribution in [-0.2, 0) is 9.53 Å². The van der Waals surface area contributed by atoms with Crippen LogP contribution >= 0.6 is 0 Å². The van der Waals surface area contributed by atoms with Crippen molar-refractivity contribution in [2.75, 3.05) is 31.6 Å². The number of morpholine rings is 1. The molecule has 1 aliphatic rings. The molecule has 1 aliphatic heterocycles. The standard InChI is InChI=1S/C12H17N5O3/c1-8(18)17-2-3-20-9(7-17)4-15-11-6-14-5-10(16-11)12(13)19/h5-6,9H,2-4,7H2,1H3,(H2,13,19)(H,15,16). The van der Waals surface area contributed by atoms with Crippen LogP contribution in [0.15, 0.2) is 12.4 Å². The van der Waals surface area contributed by atoms with E-state index in [1.54, 1.807) is 4.90 Å². The van der Waals surface area contributed by atoms with Gasteiger partial charge >= 0.3 is 0 Å². The van der Waals surface area contributed by atoms with Gasteiger partial charge in [0.2, 0.25) is 5.91 Å². The maximum atomic E-state index is 11.3. The van der Waals surface area contributed by atoms with Crippen molar-refractivity contribution in [3.63, 3.8) is 0 Å². The Morgan fingerprint density at radius 1 is 1.55 bits per heavy atom. The van der Waals surface area contributed by atoms with Gasteiger partial charge in [-0.1, -0.05) is 0 Å². The van der Waals surface area contributed by atoms with Gasteiger partial charge in [-0.2, -0.15) is 0 Å². The molecule has 108 valence electrons. The fourth-order valence-electron chi connectivity index (χ4n) is 1.92. The highest BCUT2D eigenvalue weighted by Gasteiger charge is 2.21. The van der Waals surface area contributed by atoms with E-state index >= 15 is 0 Å². The van der Waals surface area contributed by atoms with Crippen molar-refractivity contribution in [3.05, 3.63) is 18.1 Å². The second kappa shape index (κ2) is 6.29. The molecule has 0 aliphatic carbocycles. The number of rotatable bonds is 4. The summed E-state index contributed by atoms with van der Waals surface area (Å²) in [7, 11) is 0. The van der Waals surface area contributed by atoms with E-state index in [2.05, 4.69) is 15.3 Å². The third kappa shape index (κ3) is 3.64. The molecule has 0 bridgehead atoms. The van der Waals surface area contributed by atoms with Gasteiger partial charge in [-0.15, -0.1) is 0 Å². The monoisotopic (exact) mass is 279 g/mol. The Morgan fingerprint density at radius 2 is 2.35 bits per heavy atom. The molecule has 1 atom stereocenters. The zero-order chi connectivity index (χ0) is 14.5. The molecule has 1 aromatic heterocycles. The maximum Gasteiger partial charge on any atom is 0.268 e. The Labute approximate surface area is 116 Å². The fraction of sp³-hybridized carbons (Fsp3) is 0.500. The van der Waals surface area contributed by atoms with E-state index in [-0.39, 0.29) is 17.7 Å². The summed E-state index contributed by atoms with van der Waals surface area (Å²) in [6.45, 7) is 3.67. The van der Waals surface area contributed by atoms with Crippen LogP contribution < -0.4 is 11.1 Å². The third-order valence-corrected chi connectivity index (χ3v) is 2.98. The number of nitrogens with two attached hydrogens (primary N) is 1. The molecule has 0 spiro atoms. The van der Waals surface area contributed by atoms with Crippen LogP contribution in [0.2, 0.25) is 0 Å². The van der Waals surface area contributed by atoms with Crippen molar-refractivity contribution in [2.45, 2.75) is 13.0 Å². The molecule has 2 rings (SSSR count). The largest absolute Gasteiger partial charge is 0.373 e. The Kier molecular flexibility index (Phi) is 4.46. The third-order valence-electron chi connectivity index (χ3n) is 2.98. The number of ether oxygens (including phenoxy) is 1. The van der Waals surface area contributed by atoms with Gasteiger partial charge in [0.15, 0.2) is 0 Å². The molecule has 0 aromatic carbocycles. The van der Waals surface area contributed by atoms with Crippen LogP contribution in [0.3, 0.4) is 0 Å². The average Bonchev–Trinajstić information content (AvgIpc) is 2.45. The number of carbonyl (C=O) groups excluding carboxylic acids is 2. The van der Waals surface area contributed by atoms with Crippen molar-refractivity contribution in [3.8, 4) is 0 Å². The summed E-state index contributed by atoms with van der Waals surface area (Å²) in [4.78, 5) is 32.0. The summed E-state index contributed by atoms with van der Waals surface area (Å²) in [5, 5.41) is 3.02. The molecule has 1 aromatic rings. The lowest BCUT2D eigenvalue weighted by Gasteiger charge is -2.32. The van der Waals surface area contributed by atoms with Crippen LogP contribution in [0, 0.1) is 0 Å². The second-order valence-corrected chi connectivity index (χ2v) is 4.49. The fourth-order valence-corrected chi connectivity index (χ4v) is 1.92. The average molecular weight is 279 g/mol. The number of anilines is 1. The minimum absolute atomic E-state index is 0.0359. The lowest BCUT2D eigenvalue weighted by Crippen LogP contribution is -2.47. The molecular formula is C12H17N5O3. The van der Waals surface area contributed by atoms with Crippen LogP contribution in [0.1, 0.15) is 17.4 Å². The van der Waals surface area contributed by atoms with E-state index in [0.29, 0.717) is 32.1 Å². The SMILES string of the molecule is CC(=O)N1CCOC(CNc2cncc(C(N)=O)n2)C1. The van der Waals surface area contributed by atoms with E-state index in [1.165, 1.54) is 19.3 Å². The quantitative estimate of drug-likeness (QED) is 0.749. The van der Waals surface area contributed by atoms with Gasteiger partial charge in [-0.05, 0) is 0 Å². The number of nitrogens with one attached hydrogen (secondary N) is 1. The van der Waals surface area contributed by atoms with Crippen molar-refractivity contribution in [1.29, 1.82) is 0 Å². The molecule has 0 radical (unpaired) electrons. The molecule has 8 heteroatoms. The van der Waals surface area contributed by atoms with E-state index in [0.717, 1.165) is 0 Å². The molecule has 2 heterocycles. The highest BCUT2D eigenvalue weighted by molar-refractivity contribution is 5.90. The van der Waals surface area contributed by atoms with Gasteiger partial charge in [-0.3, -0.25) is 14.6 Å². The van der Waals surface area contributed by atoms with Crippen molar-refractivity contribution in [1.82, 2.24) is 14.9 Å². The number of hydrogen-bond acceptors (Lipinski definition) is 6. The van der Waals surface area contributed by atoms with Crippen molar-refractivity contribution >= 4 is 17.6 Å². The molecule has 2 amide bonds. The Balaban J connectivity index is 1.90. The summed E-state index contributed by atoms with van der Waals surface area (Å²) < 4.78 is 5.56. The van der Waals surface area contributed by atoms with Gasteiger partial charge in [0.25, 0.3) is 5.91 Å². The number of nitrogens with zero attached hydrogens (tertiary/aromatic N) is 3. The second-order valence-electron chi connectivity index (χ2n) is 4.49. The predicted molar refractivity (Wildman–Crippen MR) is 71.0 cm³/mol. The van der Waals surface area contributed by atoms with Crippen LogP contribution in [-0.4, -0.2) is 59.0 Å². The van der Waals surface area contributed by atoms with E-state index in [4.69, 9.17) is 10.5 Å². The Hall–Kier alpha value is -2.22. The Morgan fingerprint density at radius 3 is 3.05 bits per heavy atom. The zero-order valence-electron chi connectivity index (χ0n) is 11.2. The van der Waals surface area contributed by atoms with Gasteiger partial charge in [0.1, 0.15) is 11.5 Å². The van der Waals surface area contributed by atoms with Gasteiger partial charge in [0.05, 0.1) is 25.1 Å². The molecule has 20 heavy (non-hydrogen) atoms. The summed E-state index contributed by atoms with van der Waals surface area (Å²) in [6.07, 6.45) is 2.69. The van der Waals surface area contributed by atoms with Crippen LogP contribution in [0.25, 0.3) is 0 Å². The number of primary amides is 1. The van der Waals surface area contributed by atoms with Gasteiger partial charge < -0.3 is 20.7 Å². The molecule has 3 N–H and O–H groups in total. The van der Waals surface area contributed by atoms with Crippen molar-refractivity contribution < 1.29 is 14.3 Å². The lowest BCUT2D eigenvalue weighted by molar-refractivity contribution is -0.135. The van der Waals surface area contributed by atoms with E-state index < -0.39 is 5.91 Å². The lowest BCUT2D eigenvalue weighted by atomic mass is 10.2. The topological polar surface area (TPSA) is 110 Å².